The topological polar surface area (TPSA) is 71.3 Å². The van der Waals surface area contributed by atoms with E-state index in [1.165, 1.54) is 11.2 Å². The number of hydrogen-bond acceptors (Lipinski definition) is 4. The Balaban J connectivity index is 1.54. The molecule has 2 aromatic carbocycles. The molecule has 4 rings (SSSR count). The molecule has 0 fully saturated rings. The summed E-state index contributed by atoms with van der Waals surface area (Å²) in [5.41, 5.74) is 2.02. The molecule has 136 valence electrons. The lowest BCUT2D eigenvalue weighted by atomic mass is 10.0. The lowest BCUT2D eigenvalue weighted by Gasteiger charge is -2.26. The summed E-state index contributed by atoms with van der Waals surface area (Å²) in [7, 11) is 0. The van der Waals surface area contributed by atoms with E-state index < -0.39 is 0 Å². The minimum Gasteiger partial charge on any atom is -0.459 e. The number of thioether (sulfide) groups is 1. The summed E-state index contributed by atoms with van der Waals surface area (Å²) in [6.45, 7) is 0. The van der Waals surface area contributed by atoms with Gasteiger partial charge in [-0.05, 0) is 42.3 Å². The maximum atomic E-state index is 12.9. The van der Waals surface area contributed by atoms with Crippen molar-refractivity contribution in [2.24, 2.45) is 0 Å². The van der Waals surface area contributed by atoms with Crippen LogP contribution in [-0.4, -0.2) is 17.6 Å². The van der Waals surface area contributed by atoms with Crippen molar-refractivity contribution in [1.29, 1.82) is 0 Å². The Labute approximate surface area is 161 Å². The molecule has 5 nitrogen and oxygen atoms in total. The summed E-state index contributed by atoms with van der Waals surface area (Å²) in [6, 6.07) is 18.3. The third-order valence-corrected chi connectivity index (χ3v) is 5.55. The van der Waals surface area contributed by atoms with Crippen LogP contribution < -0.4 is 10.6 Å². The van der Waals surface area contributed by atoms with Gasteiger partial charge in [-0.15, -0.1) is 11.8 Å². The van der Waals surface area contributed by atoms with Crippen LogP contribution in [0.1, 0.15) is 38.9 Å². The predicted molar refractivity (Wildman–Crippen MR) is 105 cm³/mol. The van der Waals surface area contributed by atoms with Crippen molar-refractivity contribution in [3.8, 4) is 0 Å². The second-order valence-electron chi connectivity index (χ2n) is 6.18. The minimum absolute atomic E-state index is 0.0382. The Hall–Kier alpha value is -2.99. The lowest BCUT2D eigenvalue weighted by molar-refractivity contribution is 0.0936. The molecule has 0 saturated heterocycles. The summed E-state index contributed by atoms with van der Waals surface area (Å²) < 4.78 is 5.11. The van der Waals surface area contributed by atoms with E-state index in [0.29, 0.717) is 11.3 Å². The first-order valence-electron chi connectivity index (χ1n) is 8.69. The number of benzene rings is 2. The predicted octanol–water partition coefficient (Wildman–Crippen LogP) is 4.50. The van der Waals surface area contributed by atoms with Gasteiger partial charge in [0, 0.05) is 10.6 Å². The number of nitrogens with one attached hydrogen (secondary N) is 2. The highest BCUT2D eigenvalue weighted by molar-refractivity contribution is 7.99. The van der Waals surface area contributed by atoms with Crippen LogP contribution in [-0.2, 0) is 0 Å². The monoisotopic (exact) mass is 378 g/mol. The number of fused-ring (bicyclic) bond motifs is 1. The molecule has 2 N–H and O–H groups in total. The fourth-order valence-corrected chi connectivity index (χ4v) is 4.24. The van der Waals surface area contributed by atoms with Crippen LogP contribution >= 0.6 is 11.8 Å². The van der Waals surface area contributed by atoms with Crippen LogP contribution in [0.25, 0.3) is 0 Å². The molecule has 2 heterocycles. The van der Waals surface area contributed by atoms with Crippen LogP contribution in [0.4, 0.5) is 5.69 Å². The van der Waals surface area contributed by atoms with Crippen molar-refractivity contribution in [1.82, 2.24) is 5.32 Å². The molecule has 1 aliphatic heterocycles. The number of amides is 2. The summed E-state index contributed by atoms with van der Waals surface area (Å²) >= 11 is 1.81. The second kappa shape index (κ2) is 7.72. The molecule has 0 unspecified atom stereocenters. The molecule has 3 aromatic rings. The van der Waals surface area contributed by atoms with Crippen molar-refractivity contribution < 1.29 is 14.0 Å². The maximum Gasteiger partial charge on any atom is 0.291 e. The number of furan rings is 1. The van der Waals surface area contributed by atoms with E-state index in [9.17, 15) is 9.59 Å². The van der Waals surface area contributed by atoms with Gasteiger partial charge in [-0.1, -0.05) is 30.3 Å². The maximum absolute atomic E-state index is 12.9. The SMILES string of the molecule is O=C(Nc1ccccc1C(=O)N[C@@H]1CCSc2ccccc21)c1ccco1. The third kappa shape index (κ3) is 3.75. The van der Waals surface area contributed by atoms with Gasteiger partial charge in [-0.25, -0.2) is 0 Å². The molecule has 0 radical (unpaired) electrons. The molecule has 0 spiro atoms. The largest absolute Gasteiger partial charge is 0.459 e. The van der Waals surface area contributed by atoms with Crippen molar-refractivity contribution in [3.05, 3.63) is 83.8 Å². The molecular formula is C21H18N2O3S. The highest BCUT2D eigenvalue weighted by atomic mass is 32.2. The first kappa shape index (κ1) is 17.4. The zero-order valence-corrected chi connectivity index (χ0v) is 15.3. The third-order valence-electron chi connectivity index (χ3n) is 4.43. The van der Waals surface area contributed by atoms with Crippen LogP contribution in [0.2, 0.25) is 0 Å². The molecule has 6 heteroatoms. The minimum atomic E-state index is -0.389. The molecule has 1 atom stereocenters. The van der Waals surface area contributed by atoms with Gasteiger partial charge in [0.1, 0.15) is 0 Å². The highest BCUT2D eigenvalue weighted by Crippen LogP contribution is 2.36. The number of anilines is 1. The van der Waals surface area contributed by atoms with Crippen molar-refractivity contribution >= 4 is 29.3 Å². The number of hydrogen-bond donors (Lipinski definition) is 2. The Morgan fingerprint density at radius 3 is 2.63 bits per heavy atom. The average molecular weight is 378 g/mol. The van der Waals surface area contributed by atoms with Crippen LogP contribution in [0, 0.1) is 0 Å². The fraction of sp³-hybridized carbons (Fsp3) is 0.143. The van der Waals surface area contributed by atoms with Gasteiger partial charge < -0.3 is 15.1 Å². The Morgan fingerprint density at radius 2 is 1.78 bits per heavy atom. The molecule has 0 bridgehead atoms. The van der Waals surface area contributed by atoms with Gasteiger partial charge >= 0.3 is 0 Å². The van der Waals surface area contributed by atoms with E-state index >= 15 is 0 Å². The fourth-order valence-electron chi connectivity index (χ4n) is 3.11. The smallest absolute Gasteiger partial charge is 0.291 e. The first-order chi connectivity index (χ1) is 13.2. The summed E-state index contributed by atoms with van der Waals surface area (Å²) in [5, 5.41) is 5.87. The zero-order chi connectivity index (χ0) is 18.6. The average Bonchev–Trinajstić information content (AvgIpc) is 3.24. The first-order valence-corrected chi connectivity index (χ1v) is 9.67. The summed E-state index contributed by atoms with van der Waals surface area (Å²) in [6.07, 6.45) is 2.31. The van der Waals surface area contributed by atoms with E-state index in [4.69, 9.17) is 4.42 Å². The van der Waals surface area contributed by atoms with Crippen molar-refractivity contribution in [2.45, 2.75) is 17.4 Å². The standard InChI is InChI=1S/C21H18N2O3S/c24-20(22-17-11-13-27-19-10-4-2-6-14(17)19)15-7-1-3-8-16(15)23-21(25)18-9-5-12-26-18/h1-10,12,17H,11,13H2,(H,22,24)(H,23,25)/t17-/m1/s1. The highest BCUT2D eigenvalue weighted by Gasteiger charge is 2.23. The van der Waals surface area contributed by atoms with E-state index in [0.717, 1.165) is 17.7 Å². The summed E-state index contributed by atoms with van der Waals surface area (Å²) in [5.74, 6) is 0.555. The van der Waals surface area contributed by atoms with Gasteiger partial charge in [0.05, 0.1) is 23.6 Å². The van der Waals surface area contributed by atoms with Gasteiger partial charge in [-0.2, -0.15) is 0 Å². The Bertz CT molecular complexity index is 969. The molecule has 1 aromatic heterocycles. The van der Waals surface area contributed by atoms with Crippen LogP contribution in [0.3, 0.4) is 0 Å². The van der Waals surface area contributed by atoms with Crippen LogP contribution in [0.5, 0.6) is 0 Å². The lowest BCUT2D eigenvalue weighted by Crippen LogP contribution is -2.31. The van der Waals surface area contributed by atoms with E-state index in [1.807, 2.05) is 12.1 Å². The second-order valence-corrected chi connectivity index (χ2v) is 7.31. The Kier molecular flexibility index (Phi) is 4.98. The van der Waals surface area contributed by atoms with Crippen molar-refractivity contribution in [3.63, 3.8) is 0 Å². The number of carbonyl (C=O) groups excluding carboxylic acids is 2. The molecule has 1 aliphatic rings. The molecule has 0 aliphatic carbocycles. The normalized spacial score (nSPS) is 15.6. The van der Waals surface area contributed by atoms with E-state index in [1.54, 1.807) is 48.2 Å². The Morgan fingerprint density at radius 1 is 0.963 bits per heavy atom. The molecular weight excluding hydrogens is 360 g/mol. The van der Waals surface area contributed by atoms with Crippen molar-refractivity contribution in [2.75, 3.05) is 11.1 Å². The molecule has 27 heavy (non-hydrogen) atoms. The zero-order valence-electron chi connectivity index (χ0n) is 14.5. The summed E-state index contributed by atoms with van der Waals surface area (Å²) in [4.78, 5) is 26.4. The van der Waals surface area contributed by atoms with Gasteiger partial charge in [-0.3, -0.25) is 9.59 Å². The van der Waals surface area contributed by atoms with Gasteiger partial charge in [0.2, 0.25) is 0 Å². The van der Waals surface area contributed by atoms with Gasteiger partial charge in [0.15, 0.2) is 5.76 Å². The molecule has 2 amide bonds. The van der Waals surface area contributed by atoms with E-state index in [2.05, 4.69) is 22.8 Å². The van der Waals surface area contributed by atoms with Crippen LogP contribution in [0.15, 0.2) is 76.2 Å². The number of carbonyl (C=O) groups is 2. The van der Waals surface area contributed by atoms with Gasteiger partial charge in [0.25, 0.3) is 11.8 Å². The number of para-hydroxylation sites is 1. The molecule has 0 saturated carbocycles. The quantitative estimate of drug-likeness (QED) is 0.701. The van der Waals surface area contributed by atoms with E-state index in [-0.39, 0.29) is 23.6 Å². The number of rotatable bonds is 4.